The van der Waals surface area contributed by atoms with E-state index in [4.69, 9.17) is 29.3 Å². The van der Waals surface area contributed by atoms with E-state index >= 15 is 0 Å². The van der Waals surface area contributed by atoms with Crippen molar-refractivity contribution in [1.29, 1.82) is 0 Å². The second-order valence-corrected chi connectivity index (χ2v) is 6.83. The van der Waals surface area contributed by atoms with Crippen LogP contribution in [0.25, 0.3) is 6.08 Å². The van der Waals surface area contributed by atoms with Crippen LogP contribution < -0.4 is 9.47 Å². The van der Waals surface area contributed by atoms with Crippen molar-refractivity contribution in [2.24, 2.45) is 0 Å². The summed E-state index contributed by atoms with van der Waals surface area (Å²) in [4.78, 5) is 20.8. The fraction of sp³-hybridized carbons (Fsp3) is 0.545. The molecule has 0 unspecified atom stereocenters. The van der Waals surface area contributed by atoms with Crippen molar-refractivity contribution in [1.82, 2.24) is 4.90 Å². The fourth-order valence-corrected chi connectivity index (χ4v) is 3.08. The summed E-state index contributed by atoms with van der Waals surface area (Å²) in [5, 5.41) is 14.8. The van der Waals surface area contributed by atoms with Gasteiger partial charge in [-0.05, 0) is 69.9 Å². The molecule has 2 rings (SSSR count). The number of benzene rings is 1. The lowest BCUT2D eigenvalue weighted by Crippen LogP contribution is -2.25. The summed E-state index contributed by atoms with van der Waals surface area (Å²) in [5.74, 6) is -1.99. The molecule has 29 heavy (non-hydrogen) atoms. The van der Waals surface area contributed by atoms with Gasteiger partial charge in [-0.15, -0.1) is 0 Å². The third kappa shape index (κ3) is 10.5. The van der Waals surface area contributed by atoms with E-state index in [0.29, 0.717) is 0 Å². The lowest BCUT2D eigenvalue weighted by molar-refractivity contribution is -0.159. The molecular formula is C22H33NO6. The Kier molecular flexibility index (Phi) is 12.2. The van der Waals surface area contributed by atoms with Gasteiger partial charge < -0.3 is 24.6 Å². The summed E-state index contributed by atoms with van der Waals surface area (Å²) < 4.78 is 11.3. The van der Waals surface area contributed by atoms with Crippen LogP contribution in [0.5, 0.6) is 11.5 Å². The zero-order chi connectivity index (χ0) is 21.5. The zero-order valence-electron chi connectivity index (χ0n) is 17.4. The van der Waals surface area contributed by atoms with Gasteiger partial charge in [0.05, 0.1) is 13.7 Å². The molecule has 162 valence electrons. The molecule has 1 aromatic rings. The molecule has 7 nitrogen and oxygen atoms in total. The Labute approximate surface area is 172 Å². The Balaban J connectivity index is 0.000000612. The van der Waals surface area contributed by atoms with Crippen LogP contribution in [0.2, 0.25) is 0 Å². The van der Waals surface area contributed by atoms with E-state index in [9.17, 15) is 0 Å². The van der Waals surface area contributed by atoms with Crippen molar-refractivity contribution in [2.75, 3.05) is 33.4 Å². The van der Waals surface area contributed by atoms with Gasteiger partial charge in [0.25, 0.3) is 0 Å². The van der Waals surface area contributed by atoms with Crippen LogP contribution in [0.1, 0.15) is 51.0 Å². The van der Waals surface area contributed by atoms with E-state index in [1.165, 1.54) is 51.7 Å². The maximum Gasteiger partial charge on any atom is 0.414 e. The molecule has 0 radical (unpaired) electrons. The van der Waals surface area contributed by atoms with Crippen molar-refractivity contribution in [3.05, 3.63) is 29.8 Å². The van der Waals surface area contributed by atoms with Crippen molar-refractivity contribution < 1.29 is 29.3 Å². The van der Waals surface area contributed by atoms with E-state index in [0.717, 1.165) is 30.1 Å². The third-order valence-corrected chi connectivity index (χ3v) is 4.55. The monoisotopic (exact) mass is 407 g/mol. The number of aliphatic carboxylic acids is 2. The molecule has 1 aromatic carbocycles. The van der Waals surface area contributed by atoms with Gasteiger partial charge in [0, 0.05) is 0 Å². The largest absolute Gasteiger partial charge is 0.493 e. The van der Waals surface area contributed by atoms with Crippen LogP contribution in [0, 0.1) is 0 Å². The number of ether oxygens (including phenoxy) is 2. The highest BCUT2D eigenvalue weighted by atomic mass is 16.5. The second-order valence-electron chi connectivity index (χ2n) is 6.83. The molecule has 0 aliphatic carbocycles. The summed E-state index contributed by atoms with van der Waals surface area (Å²) in [6.07, 6.45) is 11.9. The first kappa shape index (κ1) is 24.5. The van der Waals surface area contributed by atoms with E-state index in [-0.39, 0.29) is 0 Å². The number of rotatable bonds is 8. The highest BCUT2D eigenvalue weighted by molar-refractivity contribution is 6.27. The number of hydrogen-bond donors (Lipinski definition) is 2. The number of nitrogens with zero attached hydrogens (tertiary/aromatic N) is 1. The molecule has 0 spiro atoms. The summed E-state index contributed by atoms with van der Waals surface area (Å²) in [6.45, 7) is 6.54. The van der Waals surface area contributed by atoms with E-state index in [2.05, 4.69) is 17.0 Å². The van der Waals surface area contributed by atoms with Crippen LogP contribution >= 0.6 is 0 Å². The second kappa shape index (κ2) is 14.5. The molecule has 1 heterocycles. The smallest absolute Gasteiger partial charge is 0.414 e. The average Bonchev–Trinajstić information content (AvgIpc) is 2.98. The number of methoxy groups -OCH3 is 1. The molecule has 7 heteroatoms. The molecule has 0 saturated carbocycles. The molecule has 2 N–H and O–H groups in total. The van der Waals surface area contributed by atoms with Crippen LogP contribution in [-0.4, -0.2) is 60.4 Å². The predicted octanol–water partition coefficient (Wildman–Crippen LogP) is 3.92. The van der Waals surface area contributed by atoms with Gasteiger partial charge in [0.2, 0.25) is 0 Å². The van der Waals surface area contributed by atoms with Crippen LogP contribution in [0.15, 0.2) is 24.3 Å². The highest BCUT2D eigenvalue weighted by Gasteiger charge is 2.09. The molecular weight excluding hydrogens is 374 g/mol. The Morgan fingerprint density at radius 2 is 1.69 bits per heavy atom. The zero-order valence-corrected chi connectivity index (χ0v) is 17.4. The van der Waals surface area contributed by atoms with Gasteiger partial charge in [-0.1, -0.05) is 31.1 Å². The minimum atomic E-state index is -1.82. The summed E-state index contributed by atoms with van der Waals surface area (Å²) in [5.41, 5.74) is 1.14. The third-order valence-electron chi connectivity index (χ3n) is 4.55. The molecule has 1 aliphatic rings. The number of likely N-dealkylation sites (tertiary alicyclic amines) is 1. The number of carboxylic acids is 2. The summed E-state index contributed by atoms with van der Waals surface area (Å²) in [6, 6.07) is 6.09. The molecule has 0 amide bonds. The number of unbranched alkanes of at least 4 members (excludes halogenated alkanes) is 1. The maximum atomic E-state index is 9.10. The summed E-state index contributed by atoms with van der Waals surface area (Å²) >= 11 is 0. The SMILES string of the molecule is C/C=C/c1ccc(OCCCCN2CCCCCC2)c(OC)c1.O=C(O)C(=O)O. The average molecular weight is 408 g/mol. The number of allylic oxidation sites excluding steroid dienone is 1. The first-order valence-corrected chi connectivity index (χ1v) is 10.1. The van der Waals surface area contributed by atoms with Crippen molar-refractivity contribution in [3.8, 4) is 11.5 Å². The van der Waals surface area contributed by atoms with Gasteiger partial charge in [-0.3, -0.25) is 0 Å². The van der Waals surface area contributed by atoms with Crippen LogP contribution in [0.3, 0.4) is 0 Å². The lowest BCUT2D eigenvalue weighted by atomic mass is 10.2. The fourth-order valence-electron chi connectivity index (χ4n) is 3.08. The number of carbonyl (C=O) groups is 2. The molecule has 0 aromatic heterocycles. The molecule has 1 saturated heterocycles. The number of hydrogen-bond acceptors (Lipinski definition) is 5. The van der Waals surface area contributed by atoms with Gasteiger partial charge in [-0.25, -0.2) is 9.59 Å². The normalized spacial score (nSPS) is 14.6. The minimum absolute atomic E-state index is 0.757. The molecule has 0 bridgehead atoms. The quantitative estimate of drug-likeness (QED) is 0.498. The molecule has 0 atom stereocenters. The standard InChI is InChI=1S/C20H31NO2.C2H2O4/c1-3-10-18-11-12-19(20(17-18)22-2)23-16-9-8-15-21-13-6-4-5-7-14-21;3-1(4)2(5)6/h3,10-12,17H,4-9,13-16H2,1-2H3;(H,3,4)(H,5,6)/b10-3+;. The maximum absolute atomic E-state index is 9.10. The Hall–Kier alpha value is -2.54. The Morgan fingerprint density at radius 3 is 2.24 bits per heavy atom. The first-order chi connectivity index (χ1) is 14.0. The van der Waals surface area contributed by atoms with E-state index in [1.54, 1.807) is 7.11 Å². The lowest BCUT2D eigenvalue weighted by Gasteiger charge is -2.19. The molecule has 1 aliphatic heterocycles. The van der Waals surface area contributed by atoms with Gasteiger partial charge in [0.1, 0.15) is 0 Å². The van der Waals surface area contributed by atoms with Crippen LogP contribution in [-0.2, 0) is 9.59 Å². The predicted molar refractivity (Wildman–Crippen MR) is 113 cm³/mol. The van der Waals surface area contributed by atoms with Gasteiger partial charge in [-0.2, -0.15) is 0 Å². The number of carboxylic acid groups (broad SMARTS) is 2. The van der Waals surface area contributed by atoms with Crippen molar-refractivity contribution >= 4 is 18.0 Å². The van der Waals surface area contributed by atoms with E-state index in [1.807, 2.05) is 25.1 Å². The van der Waals surface area contributed by atoms with Gasteiger partial charge >= 0.3 is 11.9 Å². The Bertz CT molecular complexity index is 639. The van der Waals surface area contributed by atoms with Crippen LogP contribution in [0.4, 0.5) is 0 Å². The minimum Gasteiger partial charge on any atom is -0.493 e. The first-order valence-electron chi connectivity index (χ1n) is 10.1. The van der Waals surface area contributed by atoms with E-state index < -0.39 is 11.9 Å². The highest BCUT2D eigenvalue weighted by Crippen LogP contribution is 2.28. The Morgan fingerprint density at radius 1 is 1.03 bits per heavy atom. The van der Waals surface area contributed by atoms with Gasteiger partial charge in [0.15, 0.2) is 11.5 Å². The van der Waals surface area contributed by atoms with Crippen molar-refractivity contribution in [3.63, 3.8) is 0 Å². The molecule has 1 fully saturated rings. The summed E-state index contributed by atoms with van der Waals surface area (Å²) in [7, 11) is 1.70. The topological polar surface area (TPSA) is 96.3 Å². The van der Waals surface area contributed by atoms with Crippen molar-refractivity contribution in [2.45, 2.75) is 45.4 Å².